The largest absolute Gasteiger partial charge is 0.508 e. The van der Waals surface area contributed by atoms with Crippen molar-refractivity contribution >= 4 is 68.6 Å². The van der Waals surface area contributed by atoms with Crippen LogP contribution >= 0.6 is 21.6 Å². The zero-order chi connectivity index (χ0) is 50.3. The Hall–Kier alpha value is -6.63. The van der Waals surface area contributed by atoms with E-state index >= 15 is 0 Å². The third-order valence-corrected chi connectivity index (χ3v) is 13.1. The third kappa shape index (κ3) is 19.9. The normalized spacial score (nSPS) is 20.8. The molecule has 4 rings (SSSR count). The molecule has 1 aliphatic heterocycles. The first-order valence-corrected chi connectivity index (χ1v) is 24.7. The number of amidine groups is 1. The molecule has 22 nitrogen and oxygen atoms in total. The molecule has 4 unspecified atom stereocenters. The van der Waals surface area contributed by atoms with Gasteiger partial charge in [-0.05, 0) is 86.5 Å². The van der Waals surface area contributed by atoms with E-state index in [1.807, 2.05) is 0 Å². The zero-order valence-electron chi connectivity index (χ0n) is 38.1. The van der Waals surface area contributed by atoms with E-state index < -0.39 is 83.2 Å². The number of benzene rings is 3. The highest BCUT2D eigenvalue weighted by Gasteiger charge is 2.32. The number of aryl methyl sites for hydroxylation is 2. The van der Waals surface area contributed by atoms with Crippen LogP contribution in [0.2, 0.25) is 0 Å². The molecule has 24 heteroatoms. The molecule has 374 valence electrons. The fourth-order valence-corrected chi connectivity index (χ4v) is 9.14. The van der Waals surface area contributed by atoms with E-state index in [-0.39, 0.29) is 66.8 Å². The van der Waals surface area contributed by atoms with Crippen molar-refractivity contribution in [2.45, 2.75) is 94.6 Å². The number of carbonyl (C=O) groups excluding carboxylic acids is 6. The molecule has 1 fully saturated rings. The number of nitrogens with one attached hydrogen (secondary N) is 7. The average Bonchev–Trinajstić information content (AvgIpc) is 3.32. The fraction of sp³-hybridized carbons (Fsp3) is 0.444. The van der Waals surface area contributed by atoms with E-state index in [1.165, 1.54) is 54.1 Å². The van der Waals surface area contributed by atoms with E-state index in [4.69, 9.17) is 11.5 Å². The van der Waals surface area contributed by atoms with E-state index in [9.17, 15) is 54.2 Å². The van der Waals surface area contributed by atoms with Crippen LogP contribution in [0, 0.1) is 10.1 Å². The number of phenolic OH excluding ortho intramolecular Hbond substituents is 2. The maximum absolute atomic E-state index is 14.1. The number of hydrogen-bond donors (Lipinski definition) is 12. The van der Waals surface area contributed by atoms with Gasteiger partial charge >= 0.3 is 0 Å². The molecule has 0 spiro atoms. The van der Waals surface area contributed by atoms with Crippen molar-refractivity contribution < 1.29 is 49.0 Å². The van der Waals surface area contributed by atoms with Crippen molar-refractivity contribution in [2.75, 3.05) is 31.1 Å². The lowest BCUT2D eigenvalue weighted by Gasteiger charge is -2.27. The van der Waals surface area contributed by atoms with Gasteiger partial charge in [0, 0.05) is 42.9 Å². The lowest BCUT2D eigenvalue weighted by Crippen LogP contribution is -2.60. The van der Waals surface area contributed by atoms with E-state index in [0.29, 0.717) is 43.4 Å². The number of hydrogen-bond acceptors (Lipinski definition) is 16. The number of unbranched alkanes of at least 4 members (excludes halogenated alkanes) is 1. The van der Waals surface area contributed by atoms with Gasteiger partial charge in [-0.15, -0.1) is 0 Å². The Morgan fingerprint density at radius 1 is 0.797 bits per heavy atom. The number of phenols is 2. The number of nitrogens with two attached hydrogens (primary N) is 2. The van der Waals surface area contributed by atoms with Gasteiger partial charge in [0.1, 0.15) is 41.5 Å². The van der Waals surface area contributed by atoms with Crippen LogP contribution in [0.5, 0.6) is 11.5 Å². The summed E-state index contributed by atoms with van der Waals surface area (Å²) in [7, 11) is 2.38. The molecular weight excluding hydrogens is 935 g/mol. The molecular formula is C45H61N11O11S2. The molecule has 0 aromatic heterocycles. The molecule has 1 aliphatic rings. The first-order chi connectivity index (χ1) is 33.0. The van der Waals surface area contributed by atoms with Gasteiger partial charge in [0.15, 0.2) is 0 Å². The van der Waals surface area contributed by atoms with Gasteiger partial charge in [-0.2, -0.15) is 5.10 Å². The predicted octanol–water partition coefficient (Wildman–Crippen LogP) is 0.121. The topological polar surface area (TPSA) is 355 Å². The smallest absolute Gasteiger partial charge is 0.269 e. The van der Waals surface area contributed by atoms with Crippen LogP contribution in [-0.4, -0.2) is 129 Å². The molecule has 6 amide bonds. The van der Waals surface area contributed by atoms with Crippen molar-refractivity contribution in [3.05, 3.63) is 99.6 Å². The first kappa shape index (κ1) is 55.0. The SMILES string of the molecule is CC(O)[C@@H]1NC(=O)C(CCCCN)NC(=O)CNC(=O)C(Cc2ccc(O)cc2)NC(=O)C(NC(=O)CCc2ccc([N+](=O)[O-])cc2)CSSC[C@@H](CN/N=C(/N)CCc2ccc(O)cc2)NC1=O. The highest BCUT2D eigenvalue weighted by atomic mass is 33.1. The van der Waals surface area contributed by atoms with Crippen LogP contribution in [0.25, 0.3) is 0 Å². The third-order valence-electron chi connectivity index (χ3n) is 10.6. The summed E-state index contributed by atoms with van der Waals surface area (Å²) < 4.78 is 0. The number of aliphatic hydroxyl groups is 1. The lowest BCUT2D eigenvalue weighted by atomic mass is 10.0. The summed E-state index contributed by atoms with van der Waals surface area (Å²) in [5.41, 5.74) is 16.7. The van der Waals surface area contributed by atoms with E-state index in [1.54, 1.807) is 36.4 Å². The summed E-state index contributed by atoms with van der Waals surface area (Å²) in [5, 5.41) is 61.5. The van der Waals surface area contributed by atoms with Crippen LogP contribution < -0.4 is 48.8 Å². The molecule has 0 saturated carbocycles. The maximum atomic E-state index is 14.1. The van der Waals surface area contributed by atoms with Gasteiger partial charge in [0.2, 0.25) is 35.4 Å². The molecule has 1 saturated heterocycles. The molecule has 6 atom stereocenters. The van der Waals surface area contributed by atoms with Crippen molar-refractivity contribution in [3.63, 3.8) is 0 Å². The van der Waals surface area contributed by atoms with Crippen molar-refractivity contribution in [1.82, 2.24) is 37.3 Å². The van der Waals surface area contributed by atoms with Crippen LogP contribution in [0.4, 0.5) is 5.69 Å². The Morgan fingerprint density at radius 3 is 2.03 bits per heavy atom. The minimum absolute atomic E-state index is 0.00873. The fourth-order valence-electron chi connectivity index (χ4n) is 6.73. The van der Waals surface area contributed by atoms with Crippen LogP contribution in [0.3, 0.4) is 0 Å². The quantitative estimate of drug-likeness (QED) is 0.0201. The second-order valence-electron chi connectivity index (χ2n) is 16.2. The Labute approximate surface area is 406 Å². The van der Waals surface area contributed by atoms with Gasteiger partial charge in [-0.1, -0.05) is 58.0 Å². The van der Waals surface area contributed by atoms with Crippen LogP contribution in [-0.2, 0) is 48.0 Å². The van der Waals surface area contributed by atoms with Crippen LogP contribution in [0.1, 0.15) is 55.7 Å². The minimum atomic E-state index is -1.48. The number of non-ortho nitro benzene ring substituents is 1. The standard InChI is InChI=1S/C45H61N11O11S2/c1-27(57)41-45(65)50-31(23-49-55-38(47)19-11-29-7-15-33(58)16-8-29)25-68-69-26-37(52-39(60)20-12-28-5-13-32(14-6-28)56(66)67)44(64)53-36(22-30-9-17-34(59)18-10-30)42(62)48-24-40(61)51-35(43(63)54-41)4-2-3-21-46/h5-10,13-18,27,31,35-37,41,49,57-59H,2-4,11-12,19-26,46H2,1H3,(H2,47,55)(H,48,62)(H,50,65)(H,51,61)(H,52,60)(H,53,64)(H,54,63)/t27?,31-,35?,36?,37?,41+/m1/s1. The number of nitrogens with zero attached hydrogens (tertiary/aromatic N) is 2. The molecule has 3 aromatic carbocycles. The number of hydrazone groups is 1. The Kier molecular flexibility index (Phi) is 22.8. The number of nitro groups is 1. The van der Waals surface area contributed by atoms with Gasteiger partial charge in [0.05, 0.1) is 30.2 Å². The molecule has 3 aromatic rings. The maximum Gasteiger partial charge on any atom is 0.269 e. The van der Waals surface area contributed by atoms with Crippen molar-refractivity contribution in [2.24, 2.45) is 16.6 Å². The minimum Gasteiger partial charge on any atom is -0.508 e. The summed E-state index contributed by atoms with van der Waals surface area (Å²) in [6.07, 6.45) is 0.497. The van der Waals surface area contributed by atoms with Crippen molar-refractivity contribution in [1.29, 1.82) is 0 Å². The van der Waals surface area contributed by atoms with Gasteiger partial charge in [0.25, 0.3) is 5.69 Å². The van der Waals surface area contributed by atoms with Gasteiger partial charge < -0.3 is 64.1 Å². The Morgan fingerprint density at radius 2 is 1.41 bits per heavy atom. The van der Waals surface area contributed by atoms with E-state index in [2.05, 4.69) is 42.4 Å². The molecule has 0 aliphatic carbocycles. The number of aliphatic hydroxyl groups excluding tert-OH is 1. The van der Waals surface area contributed by atoms with Gasteiger partial charge in [-0.25, -0.2) is 0 Å². The summed E-state index contributed by atoms with van der Waals surface area (Å²) in [4.78, 5) is 92.9. The summed E-state index contributed by atoms with van der Waals surface area (Å²) >= 11 is 0. The number of rotatable bonds is 18. The van der Waals surface area contributed by atoms with Crippen molar-refractivity contribution in [3.8, 4) is 11.5 Å². The second-order valence-corrected chi connectivity index (χ2v) is 18.8. The molecule has 1 heterocycles. The Bertz CT molecular complexity index is 2220. The molecule has 14 N–H and O–H groups in total. The summed E-state index contributed by atoms with van der Waals surface area (Å²) in [5.74, 6) is -3.93. The number of amides is 6. The zero-order valence-corrected chi connectivity index (χ0v) is 39.7. The molecule has 69 heavy (non-hydrogen) atoms. The predicted molar refractivity (Wildman–Crippen MR) is 261 cm³/mol. The average molecular weight is 996 g/mol. The summed E-state index contributed by atoms with van der Waals surface area (Å²) in [6.45, 7) is 1.000. The Balaban J connectivity index is 1.61. The van der Waals surface area contributed by atoms with E-state index in [0.717, 1.165) is 16.4 Å². The van der Waals surface area contributed by atoms with Crippen LogP contribution in [0.15, 0.2) is 77.9 Å². The number of carbonyl (C=O) groups is 6. The number of aromatic hydroxyl groups is 2. The molecule has 0 radical (unpaired) electrons. The highest BCUT2D eigenvalue weighted by molar-refractivity contribution is 8.76. The number of nitro benzene ring substituents is 1. The second kappa shape index (κ2) is 28.6. The monoisotopic (exact) mass is 995 g/mol. The van der Waals surface area contributed by atoms with Gasteiger partial charge in [-0.3, -0.25) is 38.9 Å². The summed E-state index contributed by atoms with van der Waals surface area (Å²) in [6, 6.07) is 12.3. The lowest BCUT2D eigenvalue weighted by molar-refractivity contribution is -0.384. The molecule has 0 bridgehead atoms. The first-order valence-electron chi connectivity index (χ1n) is 22.2. The highest BCUT2D eigenvalue weighted by Crippen LogP contribution is 2.24.